The Hall–Kier alpha value is -2.54. The molecular formula is C21H26F2N2O3. The lowest BCUT2D eigenvalue weighted by atomic mass is 9.96. The van der Waals surface area contributed by atoms with E-state index in [2.05, 4.69) is 10.3 Å². The zero-order valence-corrected chi connectivity index (χ0v) is 16.5. The van der Waals surface area contributed by atoms with Gasteiger partial charge in [0.25, 0.3) is 5.91 Å². The summed E-state index contributed by atoms with van der Waals surface area (Å²) >= 11 is 0. The molecule has 0 aliphatic carbocycles. The maximum atomic E-state index is 14.5. The molecule has 0 fully saturated rings. The smallest absolute Gasteiger partial charge is 0.349 e. The first-order chi connectivity index (χ1) is 13.1. The maximum absolute atomic E-state index is 14.5. The molecule has 1 aromatic heterocycles. The fourth-order valence-corrected chi connectivity index (χ4v) is 2.53. The highest BCUT2D eigenvalue weighted by Gasteiger charge is 2.41. The molecule has 7 heteroatoms. The number of pyridine rings is 1. The van der Waals surface area contributed by atoms with Crippen molar-refractivity contribution in [3.63, 3.8) is 0 Å². The first-order valence-corrected chi connectivity index (χ1v) is 9.16. The van der Waals surface area contributed by atoms with E-state index in [9.17, 15) is 18.7 Å². The van der Waals surface area contributed by atoms with Crippen LogP contribution in [-0.2, 0) is 16.3 Å². The predicted octanol–water partition coefficient (Wildman–Crippen LogP) is 4.07. The van der Waals surface area contributed by atoms with E-state index >= 15 is 0 Å². The number of benzene rings is 1. The third-order valence-corrected chi connectivity index (χ3v) is 4.26. The van der Waals surface area contributed by atoms with Crippen LogP contribution in [0, 0.1) is 0 Å². The normalized spacial score (nSPS) is 13.1. The molecule has 0 aliphatic heterocycles. The molecule has 0 aliphatic rings. The molecule has 1 amide bonds. The molecule has 0 spiro atoms. The molecule has 1 aromatic carbocycles. The minimum Gasteiger partial charge on any atom is -0.492 e. The summed E-state index contributed by atoms with van der Waals surface area (Å²) < 4.78 is 34.5. The molecule has 1 heterocycles. The molecule has 0 radical (unpaired) electrons. The fourth-order valence-electron chi connectivity index (χ4n) is 2.53. The molecule has 0 bridgehead atoms. The zero-order chi connectivity index (χ0) is 20.9. The first-order valence-electron chi connectivity index (χ1n) is 9.16. The minimum atomic E-state index is -3.71. The number of hydrogen-bond acceptors (Lipinski definition) is 4. The van der Waals surface area contributed by atoms with Crippen molar-refractivity contribution in [3.8, 4) is 5.75 Å². The lowest BCUT2D eigenvalue weighted by Crippen LogP contribution is -2.39. The number of carbonyl (C=O) groups is 1. The maximum Gasteiger partial charge on any atom is 0.349 e. The Morgan fingerprint density at radius 3 is 2.29 bits per heavy atom. The second kappa shape index (κ2) is 8.65. The zero-order valence-electron chi connectivity index (χ0n) is 16.5. The number of amides is 1. The summed E-state index contributed by atoms with van der Waals surface area (Å²) in [5.41, 5.74) is -0.661. The van der Waals surface area contributed by atoms with E-state index in [-0.39, 0.29) is 0 Å². The van der Waals surface area contributed by atoms with E-state index < -0.39 is 29.0 Å². The molecule has 1 unspecified atom stereocenters. The average molecular weight is 392 g/mol. The van der Waals surface area contributed by atoms with E-state index in [4.69, 9.17) is 4.74 Å². The Morgan fingerprint density at radius 2 is 1.79 bits per heavy atom. The van der Waals surface area contributed by atoms with Crippen molar-refractivity contribution in [1.82, 2.24) is 10.3 Å². The van der Waals surface area contributed by atoms with Gasteiger partial charge in [-0.2, -0.15) is 8.78 Å². The van der Waals surface area contributed by atoms with Crippen LogP contribution in [0.4, 0.5) is 8.78 Å². The van der Waals surface area contributed by atoms with Gasteiger partial charge in [0.05, 0.1) is 30.1 Å². The molecule has 1 atom stereocenters. The number of alkyl halides is 2. The van der Waals surface area contributed by atoms with Gasteiger partial charge in [-0.25, -0.2) is 0 Å². The van der Waals surface area contributed by atoms with Crippen LogP contribution in [0.2, 0.25) is 0 Å². The Balaban J connectivity index is 2.07. The number of ether oxygens (including phenoxy) is 1. The summed E-state index contributed by atoms with van der Waals surface area (Å²) in [4.78, 5) is 16.3. The number of aliphatic hydroxyl groups is 1. The van der Waals surface area contributed by atoms with Gasteiger partial charge in [0.1, 0.15) is 5.75 Å². The average Bonchev–Trinajstić information content (AvgIpc) is 2.66. The SMILES string of the molecule is CCCOc1ccc(C(C)NC(=O)C(F)(F)c2ccc(C(C)(C)O)cc2)nc1. The highest BCUT2D eigenvalue weighted by atomic mass is 19.3. The predicted molar refractivity (Wildman–Crippen MR) is 102 cm³/mol. The molecule has 28 heavy (non-hydrogen) atoms. The van der Waals surface area contributed by atoms with Crippen LogP contribution in [0.25, 0.3) is 0 Å². The topological polar surface area (TPSA) is 71.5 Å². The molecular weight excluding hydrogens is 366 g/mol. The lowest BCUT2D eigenvalue weighted by Gasteiger charge is -2.22. The van der Waals surface area contributed by atoms with Gasteiger partial charge in [-0.1, -0.05) is 31.2 Å². The van der Waals surface area contributed by atoms with E-state index in [1.165, 1.54) is 18.3 Å². The van der Waals surface area contributed by atoms with Crippen LogP contribution in [0.1, 0.15) is 57.0 Å². The van der Waals surface area contributed by atoms with E-state index in [1.807, 2.05) is 6.92 Å². The number of hydrogen-bond donors (Lipinski definition) is 2. The largest absolute Gasteiger partial charge is 0.492 e. The summed E-state index contributed by atoms with van der Waals surface area (Å²) in [6.45, 7) is 7.24. The monoisotopic (exact) mass is 392 g/mol. The standard InChI is InChI=1S/C21H26F2N2O3/c1-5-12-28-17-10-11-18(24-13-17)14(2)25-19(26)21(22,23)16-8-6-15(7-9-16)20(3,4)27/h6-11,13-14,27H,5,12H2,1-4H3,(H,25,26). The summed E-state index contributed by atoms with van der Waals surface area (Å²) in [6, 6.07) is 7.69. The second-order valence-electron chi connectivity index (χ2n) is 7.17. The van der Waals surface area contributed by atoms with E-state index in [0.717, 1.165) is 18.6 Å². The molecule has 2 rings (SSSR count). The van der Waals surface area contributed by atoms with Gasteiger partial charge >= 0.3 is 5.92 Å². The lowest BCUT2D eigenvalue weighted by molar-refractivity contribution is -0.147. The van der Waals surface area contributed by atoms with E-state index in [0.29, 0.717) is 23.6 Å². The van der Waals surface area contributed by atoms with Crippen molar-refractivity contribution < 1.29 is 23.4 Å². The minimum absolute atomic E-state index is 0.443. The van der Waals surface area contributed by atoms with Gasteiger partial charge in [-0.05, 0) is 44.9 Å². The van der Waals surface area contributed by atoms with Gasteiger partial charge in [0.2, 0.25) is 0 Å². The summed E-state index contributed by atoms with van der Waals surface area (Å²) in [5.74, 6) is -4.54. The summed E-state index contributed by atoms with van der Waals surface area (Å²) in [6.07, 6.45) is 2.36. The van der Waals surface area contributed by atoms with Gasteiger partial charge in [0, 0.05) is 5.56 Å². The Morgan fingerprint density at radius 1 is 1.18 bits per heavy atom. The van der Waals surface area contributed by atoms with Crippen LogP contribution in [0.3, 0.4) is 0 Å². The van der Waals surface area contributed by atoms with Crippen molar-refractivity contribution in [2.24, 2.45) is 0 Å². The fraction of sp³-hybridized carbons (Fsp3) is 0.429. The first kappa shape index (κ1) is 21.8. The van der Waals surface area contributed by atoms with Gasteiger partial charge < -0.3 is 15.2 Å². The van der Waals surface area contributed by atoms with Crippen LogP contribution in [0.5, 0.6) is 5.75 Å². The number of rotatable bonds is 8. The Bertz CT molecular complexity index is 785. The Labute approximate surface area is 163 Å². The van der Waals surface area contributed by atoms with Crippen molar-refractivity contribution in [2.75, 3.05) is 6.61 Å². The molecule has 2 N–H and O–H groups in total. The van der Waals surface area contributed by atoms with Crippen LogP contribution in [-0.4, -0.2) is 22.6 Å². The van der Waals surface area contributed by atoms with E-state index in [1.54, 1.807) is 32.9 Å². The van der Waals surface area contributed by atoms with Gasteiger partial charge in [-0.3, -0.25) is 9.78 Å². The molecule has 152 valence electrons. The molecule has 0 saturated heterocycles. The third kappa shape index (κ3) is 5.25. The van der Waals surface area contributed by atoms with Crippen LogP contribution in [0.15, 0.2) is 42.6 Å². The number of nitrogens with one attached hydrogen (secondary N) is 1. The van der Waals surface area contributed by atoms with Gasteiger partial charge in [-0.15, -0.1) is 0 Å². The van der Waals surface area contributed by atoms with Crippen molar-refractivity contribution in [3.05, 3.63) is 59.4 Å². The number of carbonyl (C=O) groups excluding carboxylic acids is 1. The molecule has 5 nitrogen and oxygen atoms in total. The molecule has 0 saturated carbocycles. The van der Waals surface area contributed by atoms with Crippen molar-refractivity contribution in [2.45, 2.75) is 51.7 Å². The van der Waals surface area contributed by atoms with Crippen LogP contribution < -0.4 is 10.1 Å². The second-order valence-corrected chi connectivity index (χ2v) is 7.17. The van der Waals surface area contributed by atoms with Crippen molar-refractivity contribution in [1.29, 1.82) is 0 Å². The number of nitrogens with zero attached hydrogens (tertiary/aromatic N) is 1. The van der Waals surface area contributed by atoms with Gasteiger partial charge in [0.15, 0.2) is 0 Å². The summed E-state index contributed by atoms with van der Waals surface area (Å²) in [7, 11) is 0. The van der Waals surface area contributed by atoms with Crippen molar-refractivity contribution >= 4 is 5.91 Å². The van der Waals surface area contributed by atoms with Crippen LogP contribution >= 0.6 is 0 Å². The Kier molecular flexibility index (Phi) is 6.72. The highest BCUT2D eigenvalue weighted by Crippen LogP contribution is 2.31. The molecule has 2 aromatic rings. The number of halogens is 2. The summed E-state index contributed by atoms with van der Waals surface area (Å²) in [5, 5.41) is 12.2. The third-order valence-electron chi connectivity index (χ3n) is 4.26. The number of aromatic nitrogens is 1. The highest BCUT2D eigenvalue weighted by molar-refractivity contribution is 5.85. The quantitative estimate of drug-likeness (QED) is 0.711.